The van der Waals surface area contributed by atoms with E-state index < -0.39 is 5.82 Å². The number of hydrogen-bond acceptors (Lipinski definition) is 2. The van der Waals surface area contributed by atoms with Crippen LogP contribution in [0, 0.1) is 11.2 Å². The zero-order chi connectivity index (χ0) is 15.3. The average molecular weight is 302 g/mol. The fourth-order valence-corrected chi connectivity index (χ4v) is 3.83. The molecule has 3 saturated carbocycles. The number of carbonyl (C=O) groups excluding carboxylic acids is 1. The summed E-state index contributed by atoms with van der Waals surface area (Å²) in [6.45, 7) is 1.42. The highest BCUT2D eigenvalue weighted by molar-refractivity contribution is 5.94. The van der Waals surface area contributed by atoms with Gasteiger partial charge in [-0.15, -0.1) is 0 Å². The molecule has 2 nitrogen and oxygen atoms in total. The van der Waals surface area contributed by atoms with E-state index in [-0.39, 0.29) is 17.5 Å². The summed E-state index contributed by atoms with van der Waals surface area (Å²) in [6.07, 6.45) is 9.89. The zero-order valence-electron chi connectivity index (χ0n) is 13.2. The second-order valence-corrected chi connectivity index (χ2v) is 7.52. The molecule has 0 heterocycles. The van der Waals surface area contributed by atoms with Gasteiger partial charge >= 0.3 is 0 Å². The van der Waals surface area contributed by atoms with Crippen LogP contribution in [0.2, 0.25) is 0 Å². The lowest BCUT2D eigenvalue weighted by Crippen LogP contribution is -2.25. The van der Waals surface area contributed by atoms with Crippen molar-refractivity contribution in [3.63, 3.8) is 0 Å². The Labute approximate surface area is 131 Å². The van der Waals surface area contributed by atoms with Crippen LogP contribution in [-0.4, -0.2) is 11.9 Å². The number of rotatable bonds is 4. The summed E-state index contributed by atoms with van der Waals surface area (Å²) in [6, 6.07) is 3.18. The number of ether oxygens (including phenoxy) is 1. The minimum atomic E-state index is -0.443. The van der Waals surface area contributed by atoms with E-state index in [4.69, 9.17) is 4.74 Å². The third-order valence-electron chi connectivity index (χ3n) is 5.74. The first-order chi connectivity index (χ1) is 10.6. The number of hydrogen-bond donors (Lipinski definition) is 0. The van der Waals surface area contributed by atoms with Crippen molar-refractivity contribution in [3.05, 3.63) is 29.1 Å². The molecule has 4 rings (SSSR count). The van der Waals surface area contributed by atoms with E-state index in [0.717, 1.165) is 31.2 Å². The van der Waals surface area contributed by atoms with Gasteiger partial charge < -0.3 is 4.74 Å². The van der Waals surface area contributed by atoms with Crippen LogP contribution in [0.25, 0.3) is 0 Å². The van der Waals surface area contributed by atoms with Crippen molar-refractivity contribution in [1.82, 2.24) is 0 Å². The number of ketones is 1. The Morgan fingerprint density at radius 3 is 2.36 bits per heavy atom. The maximum Gasteiger partial charge on any atom is 0.162 e. The third-order valence-corrected chi connectivity index (χ3v) is 5.74. The van der Waals surface area contributed by atoms with Crippen molar-refractivity contribution in [3.8, 4) is 5.75 Å². The van der Waals surface area contributed by atoms with Gasteiger partial charge in [-0.1, -0.05) is 0 Å². The van der Waals surface area contributed by atoms with Gasteiger partial charge in [0.1, 0.15) is 11.6 Å². The molecule has 3 heteroatoms. The molecule has 0 unspecified atom stereocenters. The quantitative estimate of drug-likeness (QED) is 0.731. The number of halogens is 1. The molecule has 0 aliphatic heterocycles. The molecule has 118 valence electrons. The molecule has 3 fully saturated rings. The van der Waals surface area contributed by atoms with Gasteiger partial charge in [-0.25, -0.2) is 4.39 Å². The topological polar surface area (TPSA) is 26.3 Å². The fraction of sp³-hybridized carbons (Fsp3) is 0.632. The van der Waals surface area contributed by atoms with E-state index in [1.54, 1.807) is 6.07 Å². The maximum atomic E-state index is 14.2. The Kier molecular flexibility index (Phi) is 3.28. The number of carbonyl (C=O) groups is 1. The van der Waals surface area contributed by atoms with Gasteiger partial charge in [0.05, 0.1) is 11.7 Å². The summed E-state index contributed by atoms with van der Waals surface area (Å²) in [4.78, 5) is 11.6. The Hall–Kier alpha value is -1.38. The Bertz CT molecular complexity index is 604. The SMILES string of the molecule is CC(=O)c1cc(C2CC2)c(OC2CCC3(CC2)CC3)cc1F. The molecule has 1 spiro atoms. The normalized spacial score (nSPS) is 23.5. The van der Waals surface area contributed by atoms with Gasteiger partial charge in [-0.3, -0.25) is 4.79 Å². The van der Waals surface area contributed by atoms with Gasteiger partial charge in [0.15, 0.2) is 5.78 Å². The summed E-state index contributed by atoms with van der Waals surface area (Å²) in [5.41, 5.74) is 1.89. The molecule has 1 aromatic rings. The van der Waals surface area contributed by atoms with Crippen molar-refractivity contribution in [2.45, 2.75) is 70.3 Å². The molecule has 0 atom stereocenters. The van der Waals surface area contributed by atoms with E-state index in [2.05, 4.69) is 0 Å². The van der Waals surface area contributed by atoms with Gasteiger partial charge in [0.25, 0.3) is 0 Å². The zero-order valence-corrected chi connectivity index (χ0v) is 13.2. The second-order valence-electron chi connectivity index (χ2n) is 7.52. The molecule has 22 heavy (non-hydrogen) atoms. The lowest BCUT2D eigenvalue weighted by atomic mass is 9.84. The third kappa shape index (κ3) is 2.66. The highest BCUT2D eigenvalue weighted by atomic mass is 19.1. The lowest BCUT2D eigenvalue weighted by Gasteiger charge is -2.29. The largest absolute Gasteiger partial charge is 0.490 e. The first kappa shape index (κ1) is 14.2. The van der Waals surface area contributed by atoms with Gasteiger partial charge in [0, 0.05) is 6.07 Å². The van der Waals surface area contributed by atoms with Gasteiger partial charge in [-0.05, 0) is 81.3 Å². The summed E-state index contributed by atoms with van der Waals surface area (Å²) < 4.78 is 20.3. The van der Waals surface area contributed by atoms with Crippen LogP contribution in [0.5, 0.6) is 5.75 Å². The average Bonchev–Trinajstić information content (AvgIpc) is 3.38. The van der Waals surface area contributed by atoms with E-state index in [0.29, 0.717) is 17.1 Å². The Morgan fingerprint density at radius 2 is 1.82 bits per heavy atom. The van der Waals surface area contributed by atoms with E-state index in [9.17, 15) is 9.18 Å². The summed E-state index contributed by atoms with van der Waals surface area (Å²) >= 11 is 0. The van der Waals surface area contributed by atoms with Crippen LogP contribution in [0.1, 0.15) is 80.1 Å². The minimum absolute atomic E-state index is 0.204. The summed E-state index contributed by atoms with van der Waals surface area (Å²) in [7, 11) is 0. The predicted molar refractivity (Wildman–Crippen MR) is 82.9 cm³/mol. The molecule has 0 amide bonds. The Morgan fingerprint density at radius 1 is 1.14 bits per heavy atom. The van der Waals surface area contributed by atoms with Crippen molar-refractivity contribution in [2.24, 2.45) is 5.41 Å². The highest BCUT2D eigenvalue weighted by Gasteiger charge is 2.45. The maximum absolute atomic E-state index is 14.2. The van der Waals surface area contributed by atoms with Gasteiger partial charge in [-0.2, -0.15) is 0 Å². The van der Waals surface area contributed by atoms with Crippen LogP contribution in [0.4, 0.5) is 4.39 Å². The minimum Gasteiger partial charge on any atom is -0.490 e. The van der Waals surface area contributed by atoms with Crippen LogP contribution >= 0.6 is 0 Å². The molecule has 3 aliphatic rings. The molecule has 3 aliphatic carbocycles. The van der Waals surface area contributed by atoms with Crippen molar-refractivity contribution in [2.75, 3.05) is 0 Å². The molecule has 0 bridgehead atoms. The molecule has 0 radical (unpaired) electrons. The molecule has 1 aromatic carbocycles. The van der Waals surface area contributed by atoms with Gasteiger partial charge in [0.2, 0.25) is 0 Å². The van der Waals surface area contributed by atoms with Crippen molar-refractivity contribution >= 4 is 5.78 Å². The highest BCUT2D eigenvalue weighted by Crippen LogP contribution is 2.56. The Balaban J connectivity index is 1.55. The molecular weight excluding hydrogens is 279 g/mol. The van der Waals surface area contributed by atoms with Crippen LogP contribution < -0.4 is 4.74 Å². The predicted octanol–water partition coefficient (Wildman–Crippen LogP) is 5.01. The van der Waals surface area contributed by atoms with Crippen LogP contribution in [0.15, 0.2) is 12.1 Å². The first-order valence-electron chi connectivity index (χ1n) is 8.57. The van der Waals surface area contributed by atoms with E-state index in [1.165, 1.54) is 38.7 Å². The number of Topliss-reactive ketones (excluding diaryl/α,β-unsaturated/α-hetero) is 1. The van der Waals surface area contributed by atoms with Crippen molar-refractivity contribution in [1.29, 1.82) is 0 Å². The molecule has 0 saturated heterocycles. The van der Waals surface area contributed by atoms with E-state index in [1.807, 2.05) is 0 Å². The lowest BCUT2D eigenvalue weighted by molar-refractivity contribution is 0.101. The first-order valence-corrected chi connectivity index (χ1v) is 8.57. The van der Waals surface area contributed by atoms with E-state index >= 15 is 0 Å². The smallest absolute Gasteiger partial charge is 0.162 e. The second kappa shape index (κ2) is 5.07. The van der Waals surface area contributed by atoms with Crippen LogP contribution in [0.3, 0.4) is 0 Å². The standard InChI is InChI=1S/C19H23FO2/c1-12(21)15-10-16(13-2-3-13)18(11-17(15)20)22-14-4-6-19(7-5-14)8-9-19/h10-11,13-14H,2-9H2,1H3. The summed E-state index contributed by atoms with van der Waals surface area (Å²) in [5.74, 6) is 0.481. The van der Waals surface area contributed by atoms with Crippen molar-refractivity contribution < 1.29 is 13.9 Å². The molecule has 0 N–H and O–H groups in total. The molecule has 0 aromatic heterocycles. The monoisotopic (exact) mass is 302 g/mol. The van der Waals surface area contributed by atoms with Crippen LogP contribution in [-0.2, 0) is 0 Å². The number of benzene rings is 1. The molecular formula is C19H23FO2. The summed E-state index contributed by atoms with van der Waals surface area (Å²) in [5, 5.41) is 0. The fourth-order valence-electron chi connectivity index (χ4n) is 3.83.